The van der Waals surface area contributed by atoms with Crippen molar-refractivity contribution in [3.05, 3.63) is 27.7 Å². The van der Waals surface area contributed by atoms with Crippen molar-refractivity contribution in [2.24, 2.45) is 5.92 Å². The Hall–Kier alpha value is -1.07. The van der Waals surface area contributed by atoms with Gasteiger partial charge in [0.15, 0.2) is 0 Å². The summed E-state index contributed by atoms with van der Waals surface area (Å²) in [5.41, 5.74) is 7.86. The Morgan fingerprint density at radius 1 is 1.47 bits per heavy atom. The Morgan fingerprint density at radius 2 is 2.11 bits per heavy atom. The summed E-state index contributed by atoms with van der Waals surface area (Å²) in [7, 11) is 1.63. The van der Waals surface area contributed by atoms with Gasteiger partial charge in [-0.15, -0.1) is 0 Å². The molecule has 0 aliphatic rings. The number of halogens is 1. The van der Waals surface area contributed by atoms with E-state index in [1.54, 1.807) is 19.2 Å². The van der Waals surface area contributed by atoms with Crippen LogP contribution in [0.25, 0.3) is 0 Å². The first-order chi connectivity index (χ1) is 8.86. The van der Waals surface area contributed by atoms with E-state index in [4.69, 9.17) is 10.5 Å². The predicted molar refractivity (Wildman–Crippen MR) is 81.3 cm³/mol. The van der Waals surface area contributed by atoms with Crippen molar-refractivity contribution in [2.75, 3.05) is 19.5 Å². The van der Waals surface area contributed by atoms with Crippen molar-refractivity contribution in [3.8, 4) is 0 Å². The highest BCUT2D eigenvalue weighted by Gasteiger charge is 2.19. The number of carbonyl (C=O) groups excluding carboxylic acids is 1. The first-order valence-corrected chi connectivity index (χ1v) is 7.01. The number of carbonyl (C=O) groups is 1. The molecule has 0 aliphatic carbocycles. The Balaban J connectivity index is 2.94. The summed E-state index contributed by atoms with van der Waals surface area (Å²) in [5, 5.41) is 2.99. The van der Waals surface area contributed by atoms with E-state index in [2.05, 4.69) is 21.2 Å². The normalized spacial score (nSPS) is 12.5. The van der Waals surface area contributed by atoms with Gasteiger partial charge in [-0.25, -0.2) is 0 Å². The molecular weight excluding hydrogens is 308 g/mol. The minimum absolute atomic E-state index is 0.0166. The SMILES string of the molecule is COCC(NC(=O)c1cc(Br)cc(N)c1C)C(C)C. The molecule has 1 aromatic rings. The van der Waals surface area contributed by atoms with Crippen molar-refractivity contribution >= 4 is 27.5 Å². The number of hydrogen-bond acceptors (Lipinski definition) is 3. The third kappa shape index (κ3) is 4.21. The van der Waals surface area contributed by atoms with Crippen LogP contribution in [0, 0.1) is 12.8 Å². The van der Waals surface area contributed by atoms with Crippen LogP contribution >= 0.6 is 15.9 Å². The van der Waals surface area contributed by atoms with E-state index in [1.165, 1.54) is 0 Å². The quantitative estimate of drug-likeness (QED) is 0.817. The fourth-order valence-electron chi connectivity index (χ4n) is 1.76. The summed E-state index contributed by atoms with van der Waals surface area (Å²) < 4.78 is 5.93. The molecule has 1 rings (SSSR count). The van der Waals surface area contributed by atoms with Gasteiger partial charge in [0.1, 0.15) is 0 Å². The first-order valence-electron chi connectivity index (χ1n) is 6.22. The molecule has 1 aromatic carbocycles. The zero-order valence-electron chi connectivity index (χ0n) is 11.8. The molecule has 0 aromatic heterocycles. The summed E-state index contributed by atoms with van der Waals surface area (Å²) in [5.74, 6) is 0.176. The van der Waals surface area contributed by atoms with Gasteiger partial charge in [-0.1, -0.05) is 29.8 Å². The molecule has 0 saturated carbocycles. The second kappa shape index (κ2) is 6.91. The molecule has 0 aliphatic heterocycles. The Labute approximate surface area is 122 Å². The predicted octanol–water partition coefficient (Wildman–Crippen LogP) is 2.74. The molecule has 19 heavy (non-hydrogen) atoms. The maximum absolute atomic E-state index is 12.3. The highest BCUT2D eigenvalue weighted by molar-refractivity contribution is 9.10. The number of anilines is 1. The average molecular weight is 329 g/mol. The van der Waals surface area contributed by atoms with Crippen LogP contribution in [0.3, 0.4) is 0 Å². The number of hydrogen-bond donors (Lipinski definition) is 2. The minimum atomic E-state index is -0.124. The maximum Gasteiger partial charge on any atom is 0.251 e. The summed E-state index contributed by atoms with van der Waals surface area (Å²) in [6.07, 6.45) is 0. The van der Waals surface area contributed by atoms with Crippen molar-refractivity contribution in [1.29, 1.82) is 0 Å². The van der Waals surface area contributed by atoms with Gasteiger partial charge in [0.05, 0.1) is 12.6 Å². The maximum atomic E-state index is 12.3. The van der Waals surface area contributed by atoms with Gasteiger partial charge in [-0.05, 0) is 30.5 Å². The highest BCUT2D eigenvalue weighted by Crippen LogP contribution is 2.23. The Kier molecular flexibility index (Phi) is 5.82. The van der Waals surface area contributed by atoms with Gasteiger partial charge < -0.3 is 15.8 Å². The van der Waals surface area contributed by atoms with E-state index in [0.29, 0.717) is 23.8 Å². The Morgan fingerprint density at radius 3 is 2.63 bits per heavy atom. The monoisotopic (exact) mass is 328 g/mol. The van der Waals surface area contributed by atoms with Crippen molar-refractivity contribution < 1.29 is 9.53 Å². The number of ether oxygens (including phenoxy) is 1. The van der Waals surface area contributed by atoms with E-state index < -0.39 is 0 Å². The average Bonchev–Trinajstić information content (AvgIpc) is 2.32. The fraction of sp³-hybridized carbons (Fsp3) is 0.500. The molecule has 0 saturated heterocycles. The fourth-order valence-corrected chi connectivity index (χ4v) is 2.24. The molecule has 0 spiro atoms. The van der Waals surface area contributed by atoms with E-state index in [0.717, 1.165) is 10.0 Å². The number of nitrogen functional groups attached to an aromatic ring is 1. The Bertz CT molecular complexity index is 461. The molecule has 106 valence electrons. The summed E-state index contributed by atoms with van der Waals surface area (Å²) in [6, 6.07) is 3.56. The topological polar surface area (TPSA) is 64.3 Å². The van der Waals surface area contributed by atoms with Crippen LogP contribution < -0.4 is 11.1 Å². The molecule has 0 fully saturated rings. The van der Waals surface area contributed by atoms with Crippen LogP contribution in [0.1, 0.15) is 29.8 Å². The number of amides is 1. The van der Waals surface area contributed by atoms with Gasteiger partial charge in [0, 0.05) is 22.8 Å². The van der Waals surface area contributed by atoms with Crippen LogP contribution in [-0.4, -0.2) is 25.7 Å². The van der Waals surface area contributed by atoms with Gasteiger partial charge in [-0.3, -0.25) is 4.79 Å². The third-order valence-electron chi connectivity index (χ3n) is 3.12. The molecule has 3 N–H and O–H groups in total. The lowest BCUT2D eigenvalue weighted by Gasteiger charge is -2.22. The van der Waals surface area contributed by atoms with Gasteiger partial charge in [0.25, 0.3) is 5.91 Å². The molecule has 1 unspecified atom stereocenters. The van der Waals surface area contributed by atoms with Crippen LogP contribution in [0.2, 0.25) is 0 Å². The smallest absolute Gasteiger partial charge is 0.251 e. The van der Waals surface area contributed by atoms with Gasteiger partial charge in [-0.2, -0.15) is 0 Å². The molecule has 0 heterocycles. The number of benzene rings is 1. The van der Waals surface area contributed by atoms with Crippen molar-refractivity contribution in [2.45, 2.75) is 26.8 Å². The second-order valence-electron chi connectivity index (χ2n) is 4.95. The summed E-state index contributed by atoms with van der Waals surface area (Å²) in [4.78, 5) is 12.3. The number of rotatable bonds is 5. The molecule has 0 radical (unpaired) electrons. The minimum Gasteiger partial charge on any atom is -0.398 e. The number of nitrogens with two attached hydrogens (primary N) is 1. The molecule has 4 nitrogen and oxygen atoms in total. The zero-order chi connectivity index (χ0) is 14.6. The van der Waals surface area contributed by atoms with Crippen molar-refractivity contribution in [1.82, 2.24) is 5.32 Å². The standard InChI is InChI=1S/C14H21BrN2O2/c1-8(2)13(7-19-4)17-14(18)11-5-10(15)6-12(16)9(11)3/h5-6,8,13H,7,16H2,1-4H3,(H,17,18). The lowest BCUT2D eigenvalue weighted by atomic mass is 10.0. The lowest BCUT2D eigenvalue weighted by molar-refractivity contribution is 0.0866. The van der Waals surface area contributed by atoms with Crippen LogP contribution in [0.4, 0.5) is 5.69 Å². The van der Waals surface area contributed by atoms with E-state index >= 15 is 0 Å². The van der Waals surface area contributed by atoms with Gasteiger partial charge in [0.2, 0.25) is 0 Å². The van der Waals surface area contributed by atoms with Gasteiger partial charge >= 0.3 is 0 Å². The molecule has 5 heteroatoms. The number of methoxy groups -OCH3 is 1. The van der Waals surface area contributed by atoms with E-state index in [-0.39, 0.29) is 11.9 Å². The zero-order valence-corrected chi connectivity index (χ0v) is 13.4. The van der Waals surface area contributed by atoms with Crippen LogP contribution in [0.5, 0.6) is 0 Å². The summed E-state index contributed by atoms with van der Waals surface area (Å²) >= 11 is 3.36. The largest absolute Gasteiger partial charge is 0.398 e. The van der Waals surface area contributed by atoms with Crippen LogP contribution in [0.15, 0.2) is 16.6 Å². The molecule has 1 amide bonds. The third-order valence-corrected chi connectivity index (χ3v) is 3.58. The van der Waals surface area contributed by atoms with E-state index in [1.807, 2.05) is 20.8 Å². The lowest BCUT2D eigenvalue weighted by Crippen LogP contribution is -2.41. The highest BCUT2D eigenvalue weighted by atomic mass is 79.9. The molecular formula is C14H21BrN2O2. The first kappa shape index (κ1) is 16.0. The van der Waals surface area contributed by atoms with Crippen molar-refractivity contribution in [3.63, 3.8) is 0 Å². The molecule has 0 bridgehead atoms. The number of nitrogens with one attached hydrogen (secondary N) is 1. The summed E-state index contributed by atoms with van der Waals surface area (Å²) in [6.45, 7) is 6.43. The second-order valence-corrected chi connectivity index (χ2v) is 5.86. The van der Waals surface area contributed by atoms with Crippen LogP contribution in [-0.2, 0) is 4.74 Å². The van der Waals surface area contributed by atoms with E-state index in [9.17, 15) is 4.79 Å². The molecule has 1 atom stereocenters.